The minimum Gasteiger partial charge on any atom is -0.475 e. The van der Waals surface area contributed by atoms with Crippen molar-refractivity contribution in [2.24, 2.45) is 5.92 Å². The van der Waals surface area contributed by atoms with Gasteiger partial charge in [0.15, 0.2) is 0 Å². The topological polar surface area (TPSA) is 118 Å². The first-order valence-electron chi connectivity index (χ1n) is 9.74. The van der Waals surface area contributed by atoms with Gasteiger partial charge in [0.25, 0.3) is 5.91 Å². The van der Waals surface area contributed by atoms with Gasteiger partial charge in [-0.15, -0.1) is 11.3 Å². The standard InChI is InChI=1S/C17H21N5O2S.C2HF3O2/c1-12-21-14(9-25-12)15(23)22-10-17(11-22)4-3-13(8-24-17)7-20-16-18-5-2-6-19-16;3-2(4,5)1(6)7/h2,5-6,9,13H,3-4,7-8,10-11H2,1H3,(H,18,19,20);(H,6,7). The third-order valence-electron chi connectivity index (χ3n) is 5.07. The molecule has 2 aromatic rings. The summed E-state index contributed by atoms with van der Waals surface area (Å²) in [5.41, 5.74) is 0.401. The number of rotatable bonds is 4. The number of aryl methyl sites for hydroxylation is 1. The summed E-state index contributed by atoms with van der Waals surface area (Å²) in [7, 11) is 0. The van der Waals surface area contributed by atoms with Crippen LogP contribution >= 0.6 is 11.3 Å². The lowest BCUT2D eigenvalue weighted by atomic mass is 9.83. The van der Waals surface area contributed by atoms with Crippen molar-refractivity contribution < 1.29 is 32.6 Å². The number of hydrogen-bond donors (Lipinski definition) is 2. The molecule has 2 aliphatic rings. The molecule has 2 fully saturated rings. The van der Waals surface area contributed by atoms with E-state index in [9.17, 15) is 18.0 Å². The summed E-state index contributed by atoms with van der Waals surface area (Å²) in [5, 5.41) is 13.1. The molecule has 1 spiro atoms. The number of alkyl halides is 3. The zero-order valence-electron chi connectivity index (χ0n) is 17.1. The molecule has 4 heterocycles. The second-order valence-electron chi connectivity index (χ2n) is 7.57. The number of carboxylic acid groups (broad SMARTS) is 1. The SMILES string of the molecule is Cc1nc(C(=O)N2CC3(CCC(CNc4ncccn4)CO3)C2)cs1.O=C(O)C(F)(F)F. The van der Waals surface area contributed by atoms with Crippen LogP contribution in [0, 0.1) is 12.8 Å². The van der Waals surface area contributed by atoms with Crippen molar-refractivity contribution >= 4 is 29.2 Å². The van der Waals surface area contributed by atoms with E-state index in [1.54, 1.807) is 18.5 Å². The summed E-state index contributed by atoms with van der Waals surface area (Å²) in [4.78, 5) is 35.7. The van der Waals surface area contributed by atoms with Gasteiger partial charge in [0, 0.05) is 24.3 Å². The Bertz CT molecular complexity index is 925. The van der Waals surface area contributed by atoms with Gasteiger partial charge in [-0.1, -0.05) is 0 Å². The van der Waals surface area contributed by atoms with E-state index in [1.807, 2.05) is 17.2 Å². The molecule has 2 aliphatic heterocycles. The number of amides is 1. The number of carbonyl (C=O) groups excluding carboxylic acids is 1. The van der Waals surface area contributed by atoms with Crippen LogP contribution < -0.4 is 5.32 Å². The summed E-state index contributed by atoms with van der Waals surface area (Å²) in [6, 6.07) is 1.80. The van der Waals surface area contributed by atoms with Crippen molar-refractivity contribution in [3.63, 3.8) is 0 Å². The first-order chi connectivity index (χ1) is 15.1. The Labute approximate surface area is 185 Å². The number of halogens is 3. The summed E-state index contributed by atoms with van der Waals surface area (Å²) >= 11 is 1.51. The van der Waals surface area contributed by atoms with Crippen molar-refractivity contribution in [3.8, 4) is 0 Å². The van der Waals surface area contributed by atoms with Gasteiger partial charge in [0.05, 0.1) is 24.7 Å². The number of hydrogen-bond acceptors (Lipinski definition) is 8. The molecule has 2 N–H and O–H groups in total. The molecular weight excluding hydrogens is 451 g/mol. The highest BCUT2D eigenvalue weighted by atomic mass is 32.1. The quantitative estimate of drug-likeness (QED) is 0.696. The first kappa shape index (κ1) is 23.9. The Hall–Kier alpha value is -2.80. The fraction of sp³-hybridized carbons (Fsp3) is 0.526. The van der Waals surface area contributed by atoms with Crippen molar-refractivity contribution in [1.82, 2.24) is 19.9 Å². The molecule has 1 amide bonds. The van der Waals surface area contributed by atoms with Crippen LogP contribution in [0.4, 0.5) is 19.1 Å². The van der Waals surface area contributed by atoms with Gasteiger partial charge in [-0.3, -0.25) is 4.79 Å². The second kappa shape index (κ2) is 9.77. The zero-order valence-corrected chi connectivity index (χ0v) is 17.9. The molecule has 2 saturated heterocycles. The van der Waals surface area contributed by atoms with E-state index < -0.39 is 12.1 Å². The molecule has 1 atom stereocenters. The minimum absolute atomic E-state index is 0.0172. The molecule has 174 valence electrons. The Morgan fingerprint density at radius 3 is 2.50 bits per heavy atom. The smallest absolute Gasteiger partial charge is 0.475 e. The maximum absolute atomic E-state index is 12.4. The summed E-state index contributed by atoms with van der Waals surface area (Å²) in [5.74, 6) is -1.64. The van der Waals surface area contributed by atoms with Crippen molar-refractivity contribution in [2.75, 3.05) is 31.6 Å². The van der Waals surface area contributed by atoms with Gasteiger partial charge in [-0.05, 0) is 31.7 Å². The minimum atomic E-state index is -5.08. The van der Waals surface area contributed by atoms with E-state index in [4.69, 9.17) is 14.6 Å². The monoisotopic (exact) mass is 473 g/mol. The summed E-state index contributed by atoms with van der Waals surface area (Å²) < 4.78 is 37.9. The molecule has 0 aliphatic carbocycles. The summed E-state index contributed by atoms with van der Waals surface area (Å²) in [6.45, 7) is 4.77. The Balaban J connectivity index is 0.000000360. The van der Waals surface area contributed by atoms with Crippen molar-refractivity contribution in [2.45, 2.75) is 31.5 Å². The van der Waals surface area contributed by atoms with Crippen LogP contribution in [-0.4, -0.2) is 74.9 Å². The number of carboxylic acids is 1. The molecule has 2 aromatic heterocycles. The number of nitrogens with one attached hydrogen (secondary N) is 1. The van der Waals surface area contributed by atoms with E-state index in [-0.39, 0.29) is 11.5 Å². The van der Waals surface area contributed by atoms with Crippen LogP contribution in [-0.2, 0) is 9.53 Å². The highest BCUT2D eigenvalue weighted by Crippen LogP contribution is 2.36. The number of anilines is 1. The van der Waals surface area contributed by atoms with Gasteiger partial charge in [-0.2, -0.15) is 13.2 Å². The van der Waals surface area contributed by atoms with Crippen LogP contribution in [0.1, 0.15) is 28.3 Å². The fourth-order valence-electron chi connectivity index (χ4n) is 3.37. The fourth-order valence-corrected chi connectivity index (χ4v) is 3.96. The van der Waals surface area contributed by atoms with Gasteiger partial charge >= 0.3 is 12.1 Å². The molecular formula is C19H22F3N5O4S. The molecule has 32 heavy (non-hydrogen) atoms. The Morgan fingerprint density at radius 2 is 2.00 bits per heavy atom. The molecule has 0 saturated carbocycles. The molecule has 1 unspecified atom stereocenters. The van der Waals surface area contributed by atoms with Crippen LogP contribution in [0.15, 0.2) is 23.8 Å². The van der Waals surface area contributed by atoms with Crippen LogP contribution in [0.25, 0.3) is 0 Å². The normalized spacial score (nSPS) is 19.5. The van der Waals surface area contributed by atoms with E-state index >= 15 is 0 Å². The lowest BCUT2D eigenvalue weighted by Gasteiger charge is -2.52. The van der Waals surface area contributed by atoms with E-state index in [0.29, 0.717) is 37.3 Å². The molecule has 4 rings (SSSR count). The highest BCUT2D eigenvalue weighted by Gasteiger charge is 2.48. The number of aliphatic carboxylic acids is 1. The van der Waals surface area contributed by atoms with Crippen LogP contribution in [0.5, 0.6) is 0 Å². The average Bonchev–Trinajstić information content (AvgIpc) is 3.17. The highest BCUT2D eigenvalue weighted by molar-refractivity contribution is 7.09. The lowest BCUT2D eigenvalue weighted by Crippen LogP contribution is -2.66. The van der Waals surface area contributed by atoms with Crippen LogP contribution in [0.2, 0.25) is 0 Å². The van der Waals surface area contributed by atoms with E-state index in [0.717, 1.165) is 24.4 Å². The lowest BCUT2D eigenvalue weighted by molar-refractivity contribution is -0.192. The summed E-state index contributed by atoms with van der Waals surface area (Å²) in [6.07, 6.45) is 0.434. The van der Waals surface area contributed by atoms with Crippen molar-refractivity contribution in [3.05, 3.63) is 34.5 Å². The Kier molecular flexibility index (Phi) is 7.29. The zero-order chi connectivity index (χ0) is 23.4. The van der Waals surface area contributed by atoms with Crippen molar-refractivity contribution in [1.29, 1.82) is 0 Å². The number of aromatic nitrogens is 3. The van der Waals surface area contributed by atoms with E-state index in [2.05, 4.69) is 20.3 Å². The Morgan fingerprint density at radius 1 is 1.34 bits per heavy atom. The second-order valence-corrected chi connectivity index (χ2v) is 8.63. The largest absolute Gasteiger partial charge is 0.490 e. The number of likely N-dealkylation sites (tertiary alicyclic amines) is 1. The molecule has 0 radical (unpaired) electrons. The van der Waals surface area contributed by atoms with Gasteiger partial charge in [0.1, 0.15) is 11.3 Å². The number of ether oxygens (including phenoxy) is 1. The van der Waals surface area contributed by atoms with E-state index in [1.165, 1.54) is 11.3 Å². The molecule has 13 heteroatoms. The maximum Gasteiger partial charge on any atom is 0.490 e. The third-order valence-corrected chi connectivity index (χ3v) is 5.85. The number of carbonyl (C=O) groups is 2. The average molecular weight is 473 g/mol. The first-order valence-corrected chi connectivity index (χ1v) is 10.6. The number of nitrogens with zero attached hydrogens (tertiary/aromatic N) is 4. The maximum atomic E-state index is 12.4. The molecule has 0 aromatic carbocycles. The van der Waals surface area contributed by atoms with Gasteiger partial charge in [-0.25, -0.2) is 19.7 Å². The predicted octanol–water partition coefficient (Wildman–Crippen LogP) is 2.61. The molecule has 9 nitrogen and oxygen atoms in total. The van der Waals surface area contributed by atoms with Gasteiger partial charge in [0.2, 0.25) is 5.95 Å². The predicted molar refractivity (Wildman–Crippen MR) is 108 cm³/mol. The third kappa shape index (κ3) is 6.13. The number of thiazole rings is 1. The molecule has 0 bridgehead atoms. The van der Waals surface area contributed by atoms with Crippen LogP contribution in [0.3, 0.4) is 0 Å². The van der Waals surface area contributed by atoms with Gasteiger partial charge < -0.3 is 20.1 Å².